The average Bonchev–Trinajstić information content (AvgIpc) is 2.66. The molecule has 1 aromatic carbocycles. The fourth-order valence-corrected chi connectivity index (χ4v) is 3.30. The Hall–Kier alpha value is -2.04. The molecule has 0 aromatic heterocycles. The predicted octanol–water partition coefficient (Wildman–Crippen LogP) is 4.16. The molecule has 25 heavy (non-hydrogen) atoms. The molecule has 5 nitrogen and oxygen atoms in total. The molecular formula is C20H29NO4. The number of carbonyl (C=O) groups is 2. The van der Waals surface area contributed by atoms with Crippen LogP contribution in [0.15, 0.2) is 30.3 Å². The van der Waals surface area contributed by atoms with Crippen LogP contribution in [-0.4, -0.2) is 36.7 Å². The van der Waals surface area contributed by atoms with Crippen LogP contribution in [0.3, 0.4) is 0 Å². The zero-order valence-electron chi connectivity index (χ0n) is 15.3. The second-order valence-electron chi connectivity index (χ2n) is 6.61. The molecule has 1 amide bonds. The lowest BCUT2D eigenvalue weighted by Crippen LogP contribution is -2.43. The van der Waals surface area contributed by atoms with Crippen LogP contribution >= 0.6 is 0 Å². The number of esters is 1. The second-order valence-corrected chi connectivity index (χ2v) is 6.61. The molecule has 1 aromatic rings. The number of methoxy groups -OCH3 is 1. The normalized spacial score (nSPS) is 19.9. The minimum Gasteiger partial charge on any atom is -0.469 e. The van der Waals surface area contributed by atoms with Gasteiger partial charge < -0.3 is 14.4 Å². The van der Waals surface area contributed by atoms with Crippen molar-refractivity contribution in [2.45, 2.75) is 58.0 Å². The summed E-state index contributed by atoms with van der Waals surface area (Å²) in [6.07, 6.45) is 4.73. The number of carbonyl (C=O) groups excluding carboxylic acids is 2. The monoisotopic (exact) mass is 347 g/mol. The van der Waals surface area contributed by atoms with Gasteiger partial charge in [-0.25, -0.2) is 4.79 Å². The molecule has 1 fully saturated rings. The lowest BCUT2D eigenvalue weighted by molar-refractivity contribution is -0.146. The molecule has 0 aliphatic heterocycles. The number of hydrogen-bond donors (Lipinski definition) is 0. The molecule has 2 rings (SSSR count). The van der Waals surface area contributed by atoms with Crippen LogP contribution in [0.2, 0.25) is 0 Å². The standard InChI is InChI=1S/C20H29NO4/c1-3-4-14-25-20(23)21(15-16-8-6-5-7-9-16)18-12-10-17(11-13-18)19(22)24-2/h5-9,17-18H,3-4,10-15H2,1-2H3. The zero-order valence-corrected chi connectivity index (χ0v) is 15.3. The fraction of sp³-hybridized carbons (Fsp3) is 0.600. The van der Waals surface area contributed by atoms with Crippen LogP contribution < -0.4 is 0 Å². The zero-order chi connectivity index (χ0) is 18.1. The molecule has 0 saturated heterocycles. The lowest BCUT2D eigenvalue weighted by Gasteiger charge is -2.35. The molecular weight excluding hydrogens is 318 g/mol. The van der Waals surface area contributed by atoms with Crippen molar-refractivity contribution < 1.29 is 19.1 Å². The van der Waals surface area contributed by atoms with E-state index in [4.69, 9.17) is 9.47 Å². The summed E-state index contributed by atoms with van der Waals surface area (Å²) in [6, 6.07) is 10.1. The summed E-state index contributed by atoms with van der Waals surface area (Å²) < 4.78 is 10.3. The van der Waals surface area contributed by atoms with E-state index in [0.717, 1.165) is 44.1 Å². The fourth-order valence-electron chi connectivity index (χ4n) is 3.30. The van der Waals surface area contributed by atoms with E-state index in [0.29, 0.717) is 13.2 Å². The molecule has 0 unspecified atom stereocenters. The van der Waals surface area contributed by atoms with E-state index in [1.165, 1.54) is 7.11 Å². The van der Waals surface area contributed by atoms with Crippen molar-refractivity contribution in [2.24, 2.45) is 5.92 Å². The molecule has 5 heteroatoms. The Morgan fingerprint density at radius 2 is 1.80 bits per heavy atom. The summed E-state index contributed by atoms with van der Waals surface area (Å²) in [5, 5.41) is 0. The maximum atomic E-state index is 12.6. The van der Waals surface area contributed by atoms with Crippen molar-refractivity contribution in [3.05, 3.63) is 35.9 Å². The van der Waals surface area contributed by atoms with Gasteiger partial charge in [0.05, 0.1) is 19.6 Å². The van der Waals surface area contributed by atoms with Crippen LogP contribution in [-0.2, 0) is 20.8 Å². The van der Waals surface area contributed by atoms with E-state index in [1.54, 1.807) is 0 Å². The van der Waals surface area contributed by atoms with E-state index in [1.807, 2.05) is 35.2 Å². The highest BCUT2D eigenvalue weighted by Crippen LogP contribution is 2.29. The first-order valence-electron chi connectivity index (χ1n) is 9.20. The Morgan fingerprint density at radius 3 is 2.40 bits per heavy atom. The molecule has 0 heterocycles. The van der Waals surface area contributed by atoms with Gasteiger partial charge in [0.15, 0.2) is 0 Å². The summed E-state index contributed by atoms with van der Waals surface area (Å²) in [5.41, 5.74) is 1.09. The van der Waals surface area contributed by atoms with E-state index in [-0.39, 0.29) is 24.0 Å². The maximum Gasteiger partial charge on any atom is 0.410 e. The summed E-state index contributed by atoms with van der Waals surface area (Å²) in [7, 11) is 1.43. The van der Waals surface area contributed by atoms with Crippen LogP contribution in [0.4, 0.5) is 4.79 Å². The molecule has 1 aliphatic rings. The Morgan fingerprint density at radius 1 is 1.12 bits per heavy atom. The highest BCUT2D eigenvalue weighted by Gasteiger charge is 2.32. The van der Waals surface area contributed by atoms with Crippen molar-refractivity contribution in [3.8, 4) is 0 Å². The van der Waals surface area contributed by atoms with Gasteiger partial charge in [-0.05, 0) is 37.7 Å². The van der Waals surface area contributed by atoms with Crippen molar-refractivity contribution in [1.82, 2.24) is 4.90 Å². The average molecular weight is 347 g/mol. The first-order valence-corrected chi connectivity index (χ1v) is 9.20. The Bertz CT molecular complexity index is 538. The van der Waals surface area contributed by atoms with Gasteiger partial charge in [-0.15, -0.1) is 0 Å². The number of nitrogens with zero attached hydrogens (tertiary/aromatic N) is 1. The number of benzene rings is 1. The van der Waals surface area contributed by atoms with Crippen LogP contribution in [0, 0.1) is 5.92 Å². The third-order valence-electron chi connectivity index (χ3n) is 4.83. The molecule has 1 aliphatic carbocycles. The van der Waals surface area contributed by atoms with E-state index in [2.05, 4.69) is 6.92 Å². The molecule has 0 spiro atoms. The van der Waals surface area contributed by atoms with Crippen molar-refractivity contribution in [3.63, 3.8) is 0 Å². The highest BCUT2D eigenvalue weighted by atomic mass is 16.6. The summed E-state index contributed by atoms with van der Waals surface area (Å²) in [5.74, 6) is -0.186. The van der Waals surface area contributed by atoms with Gasteiger partial charge >= 0.3 is 12.1 Å². The molecule has 138 valence electrons. The van der Waals surface area contributed by atoms with Gasteiger partial charge in [-0.1, -0.05) is 43.7 Å². The number of unbranched alkanes of at least 4 members (excludes halogenated alkanes) is 1. The van der Waals surface area contributed by atoms with Crippen molar-refractivity contribution >= 4 is 12.1 Å². The largest absolute Gasteiger partial charge is 0.469 e. The summed E-state index contributed by atoms with van der Waals surface area (Å²) in [6.45, 7) is 3.07. The summed E-state index contributed by atoms with van der Waals surface area (Å²) >= 11 is 0. The predicted molar refractivity (Wildman–Crippen MR) is 96.0 cm³/mol. The Balaban J connectivity index is 2.01. The molecule has 0 bridgehead atoms. The smallest absolute Gasteiger partial charge is 0.410 e. The molecule has 0 radical (unpaired) electrons. The van der Waals surface area contributed by atoms with Crippen LogP contribution in [0.1, 0.15) is 51.0 Å². The van der Waals surface area contributed by atoms with Crippen molar-refractivity contribution in [1.29, 1.82) is 0 Å². The molecule has 0 N–H and O–H groups in total. The van der Waals surface area contributed by atoms with Crippen LogP contribution in [0.25, 0.3) is 0 Å². The van der Waals surface area contributed by atoms with E-state index >= 15 is 0 Å². The quantitative estimate of drug-likeness (QED) is 0.549. The maximum absolute atomic E-state index is 12.6. The van der Waals surface area contributed by atoms with E-state index < -0.39 is 0 Å². The minimum absolute atomic E-state index is 0.0454. The number of hydrogen-bond acceptors (Lipinski definition) is 4. The lowest BCUT2D eigenvalue weighted by atomic mass is 9.85. The Kier molecular flexibility index (Phi) is 7.76. The third kappa shape index (κ3) is 5.76. The van der Waals surface area contributed by atoms with Gasteiger partial charge in [0, 0.05) is 12.6 Å². The molecule has 1 saturated carbocycles. The van der Waals surface area contributed by atoms with Crippen LogP contribution in [0.5, 0.6) is 0 Å². The second kappa shape index (κ2) is 10.1. The molecule has 0 atom stereocenters. The number of rotatable bonds is 7. The first kappa shape index (κ1) is 19.3. The van der Waals surface area contributed by atoms with Gasteiger partial charge in [-0.3, -0.25) is 4.79 Å². The topological polar surface area (TPSA) is 55.8 Å². The minimum atomic E-state index is -0.251. The first-order chi connectivity index (χ1) is 12.2. The van der Waals surface area contributed by atoms with E-state index in [9.17, 15) is 9.59 Å². The Labute approximate surface area is 150 Å². The number of amides is 1. The summed E-state index contributed by atoms with van der Waals surface area (Å²) in [4.78, 5) is 26.2. The number of ether oxygens (including phenoxy) is 2. The SMILES string of the molecule is CCCCOC(=O)N(Cc1ccccc1)C1CCC(C(=O)OC)CC1. The van der Waals surface area contributed by atoms with Gasteiger partial charge in [-0.2, -0.15) is 0 Å². The third-order valence-corrected chi connectivity index (χ3v) is 4.83. The van der Waals surface area contributed by atoms with Gasteiger partial charge in [0.1, 0.15) is 0 Å². The van der Waals surface area contributed by atoms with Gasteiger partial charge in [0.25, 0.3) is 0 Å². The highest BCUT2D eigenvalue weighted by molar-refractivity contribution is 5.72. The van der Waals surface area contributed by atoms with Gasteiger partial charge in [0.2, 0.25) is 0 Å². The van der Waals surface area contributed by atoms with Crippen molar-refractivity contribution in [2.75, 3.05) is 13.7 Å².